The smallest absolute Gasteiger partial charge is 0.133 e. The molecule has 20 heavy (non-hydrogen) atoms. The predicted molar refractivity (Wildman–Crippen MR) is 82.0 cm³/mol. The number of rotatable bonds is 4. The molecule has 1 aliphatic rings. The van der Waals surface area contributed by atoms with Crippen LogP contribution in [0.3, 0.4) is 0 Å². The minimum atomic E-state index is -0.379. The lowest BCUT2D eigenvalue weighted by molar-refractivity contribution is 0.118. The number of aliphatic hydroxyl groups excluding tert-OH is 1. The van der Waals surface area contributed by atoms with Gasteiger partial charge in [0.15, 0.2) is 0 Å². The maximum atomic E-state index is 13.6. The van der Waals surface area contributed by atoms with Crippen LogP contribution in [0, 0.1) is 5.82 Å². The molecule has 1 saturated heterocycles. The summed E-state index contributed by atoms with van der Waals surface area (Å²) in [5, 5.41) is 9.51. The Bertz CT molecular complexity index is 481. The molecule has 1 heterocycles. The molecular formula is C15H21FN2OS. The molecule has 1 atom stereocenters. The molecule has 0 aliphatic carbocycles. The Hall–Kier alpha value is -1.04. The fraction of sp³-hybridized carbons (Fsp3) is 0.533. The normalized spacial score (nSPS) is 20.6. The van der Waals surface area contributed by atoms with Crippen LogP contribution in [-0.4, -0.2) is 34.2 Å². The summed E-state index contributed by atoms with van der Waals surface area (Å²) in [6.07, 6.45) is 4.51. The lowest BCUT2D eigenvalue weighted by atomic mass is 10.1. The zero-order valence-corrected chi connectivity index (χ0v) is 12.3. The Balaban J connectivity index is 2.15. The van der Waals surface area contributed by atoms with Crippen molar-refractivity contribution in [3.63, 3.8) is 0 Å². The van der Waals surface area contributed by atoms with E-state index in [4.69, 9.17) is 18.0 Å². The lowest BCUT2D eigenvalue weighted by Crippen LogP contribution is -2.37. The lowest BCUT2D eigenvalue weighted by Gasteiger charge is -2.28. The van der Waals surface area contributed by atoms with Crippen molar-refractivity contribution < 1.29 is 9.50 Å². The van der Waals surface area contributed by atoms with Gasteiger partial charge in [0.1, 0.15) is 10.8 Å². The summed E-state index contributed by atoms with van der Waals surface area (Å²) in [6, 6.07) is 5.08. The van der Waals surface area contributed by atoms with Crippen molar-refractivity contribution in [1.29, 1.82) is 0 Å². The van der Waals surface area contributed by atoms with Gasteiger partial charge in [0.25, 0.3) is 0 Å². The van der Waals surface area contributed by atoms with Crippen LogP contribution >= 0.6 is 12.2 Å². The summed E-state index contributed by atoms with van der Waals surface area (Å²) in [5.74, 6) is -0.379. The summed E-state index contributed by atoms with van der Waals surface area (Å²) in [6.45, 7) is 1.83. The number of nitrogens with zero attached hydrogens (tertiary/aromatic N) is 1. The summed E-state index contributed by atoms with van der Waals surface area (Å²) < 4.78 is 13.6. The highest BCUT2D eigenvalue weighted by molar-refractivity contribution is 7.80. The molecule has 0 radical (unpaired) electrons. The molecule has 2 rings (SSSR count). The third-order valence-corrected chi connectivity index (χ3v) is 4.11. The molecule has 0 aromatic heterocycles. The van der Waals surface area contributed by atoms with E-state index in [1.807, 2.05) is 0 Å². The second kappa shape index (κ2) is 7.11. The van der Waals surface area contributed by atoms with Crippen LogP contribution in [0.2, 0.25) is 0 Å². The average molecular weight is 296 g/mol. The van der Waals surface area contributed by atoms with Crippen LogP contribution in [0.15, 0.2) is 18.2 Å². The molecule has 0 spiro atoms. The minimum absolute atomic E-state index is 0.0823. The van der Waals surface area contributed by atoms with Crippen molar-refractivity contribution in [2.45, 2.75) is 38.3 Å². The summed E-state index contributed by atoms with van der Waals surface area (Å²) in [5.41, 5.74) is 6.81. The third kappa shape index (κ3) is 3.75. The van der Waals surface area contributed by atoms with Crippen LogP contribution in [0.5, 0.6) is 0 Å². The first-order chi connectivity index (χ1) is 9.61. The van der Waals surface area contributed by atoms with Crippen LogP contribution in [0.1, 0.15) is 36.8 Å². The maximum absolute atomic E-state index is 13.6. The van der Waals surface area contributed by atoms with Crippen molar-refractivity contribution in [2.24, 2.45) is 5.73 Å². The van der Waals surface area contributed by atoms with Gasteiger partial charge in [-0.15, -0.1) is 0 Å². The van der Waals surface area contributed by atoms with Gasteiger partial charge in [-0.05, 0) is 37.1 Å². The van der Waals surface area contributed by atoms with E-state index in [-0.39, 0.29) is 23.5 Å². The van der Waals surface area contributed by atoms with Crippen molar-refractivity contribution in [1.82, 2.24) is 4.90 Å². The van der Waals surface area contributed by atoms with E-state index in [9.17, 15) is 9.50 Å². The average Bonchev–Trinajstić information content (AvgIpc) is 2.65. The predicted octanol–water partition coefficient (Wildman–Crippen LogP) is 2.20. The monoisotopic (exact) mass is 296 g/mol. The molecule has 3 nitrogen and oxygen atoms in total. The second-order valence-corrected chi connectivity index (χ2v) is 5.77. The first-order valence-electron chi connectivity index (χ1n) is 7.05. The molecule has 0 bridgehead atoms. The first-order valence-corrected chi connectivity index (χ1v) is 7.45. The number of hydrogen-bond donors (Lipinski definition) is 2. The Morgan fingerprint density at radius 3 is 2.90 bits per heavy atom. The fourth-order valence-electron chi connectivity index (χ4n) is 2.75. The van der Waals surface area contributed by atoms with Gasteiger partial charge in [-0.25, -0.2) is 4.39 Å². The zero-order valence-electron chi connectivity index (χ0n) is 11.5. The number of nitrogens with two attached hydrogens (primary N) is 1. The Kier molecular flexibility index (Phi) is 5.46. The SMILES string of the molecule is NC(=S)c1cc(CN2CCCCCC2CO)ccc1F. The Morgan fingerprint density at radius 1 is 1.40 bits per heavy atom. The van der Waals surface area contributed by atoms with E-state index < -0.39 is 0 Å². The summed E-state index contributed by atoms with van der Waals surface area (Å²) in [4.78, 5) is 2.35. The second-order valence-electron chi connectivity index (χ2n) is 5.33. The van der Waals surface area contributed by atoms with Gasteiger partial charge in [-0.3, -0.25) is 4.90 Å². The highest BCUT2D eigenvalue weighted by Gasteiger charge is 2.20. The van der Waals surface area contributed by atoms with Gasteiger partial charge in [0, 0.05) is 18.2 Å². The number of halogens is 1. The standard InChI is InChI=1S/C15H21FN2OS/c16-14-6-5-11(8-13(14)15(17)20)9-18-7-3-1-2-4-12(18)10-19/h5-6,8,12,19H,1-4,7,9-10H2,(H2,17,20). The van der Waals surface area contributed by atoms with E-state index in [0.29, 0.717) is 12.1 Å². The van der Waals surface area contributed by atoms with Gasteiger partial charge >= 0.3 is 0 Å². The van der Waals surface area contributed by atoms with Crippen LogP contribution in [-0.2, 0) is 6.54 Å². The number of hydrogen-bond acceptors (Lipinski definition) is 3. The quantitative estimate of drug-likeness (QED) is 0.836. The van der Waals surface area contributed by atoms with Crippen molar-refractivity contribution in [2.75, 3.05) is 13.2 Å². The first kappa shape index (κ1) is 15.4. The highest BCUT2D eigenvalue weighted by Crippen LogP contribution is 2.20. The van der Waals surface area contributed by atoms with E-state index >= 15 is 0 Å². The molecule has 0 saturated carbocycles. The van der Waals surface area contributed by atoms with Gasteiger partial charge < -0.3 is 10.8 Å². The van der Waals surface area contributed by atoms with E-state index in [0.717, 1.165) is 31.4 Å². The van der Waals surface area contributed by atoms with Gasteiger partial charge in [-0.2, -0.15) is 0 Å². The summed E-state index contributed by atoms with van der Waals surface area (Å²) in [7, 11) is 0. The number of likely N-dealkylation sites (tertiary alicyclic amines) is 1. The Morgan fingerprint density at radius 2 is 2.20 bits per heavy atom. The topological polar surface area (TPSA) is 49.5 Å². The maximum Gasteiger partial charge on any atom is 0.133 e. The van der Waals surface area contributed by atoms with Gasteiger partial charge in [0.05, 0.1) is 6.61 Å². The van der Waals surface area contributed by atoms with E-state index in [2.05, 4.69) is 4.90 Å². The van der Waals surface area contributed by atoms with Crippen molar-refractivity contribution in [3.05, 3.63) is 35.1 Å². The molecule has 1 aromatic rings. The molecule has 1 unspecified atom stereocenters. The third-order valence-electron chi connectivity index (χ3n) is 3.89. The summed E-state index contributed by atoms with van der Waals surface area (Å²) >= 11 is 4.87. The molecule has 3 N–H and O–H groups in total. The molecule has 1 fully saturated rings. The molecule has 0 amide bonds. The van der Waals surface area contributed by atoms with Gasteiger partial charge in [-0.1, -0.05) is 31.1 Å². The number of aliphatic hydroxyl groups is 1. The largest absolute Gasteiger partial charge is 0.395 e. The van der Waals surface area contributed by atoms with E-state index in [1.165, 1.54) is 12.5 Å². The van der Waals surface area contributed by atoms with Crippen LogP contribution < -0.4 is 5.73 Å². The van der Waals surface area contributed by atoms with Crippen molar-refractivity contribution >= 4 is 17.2 Å². The highest BCUT2D eigenvalue weighted by atomic mass is 32.1. The Labute approximate surface area is 124 Å². The minimum Gasteiger partial charge on any atom is -0.395 e. The molecule has 5 heteroatoms. The number of thiocarbonyl (C=S) groups is 1. The van der Waals surface area contributed by atoms with E-state index in [1.54, 1.807) is 12.1 Å². The fourth-order valence-corrected chi connectivity index (χ4v) is 2.90. The zero-order chi connectivity index (χ0) is 14.5. The van der Waals surface area contributed by atoms with Crippen molar-refractivity contribution in [3.8, 4) is 0 Å². The van der Waals surface area contributed by atoms with Gasteiger partial charge in [0.2, 0.25) is 0 Å². The van der Waals surface area contributed by atoms with Crippen LogP contribution in [0.25, 0.3) is 0 Å². The van der Waals surface area contributed by atoms with Crippen LogP contribution in [0.4, 0.5) is 4.39 Å². The molecule has 1 aliphatic heterocycles. The number of benzene rings is 1. The molecular weight excluding hydrogens is 275 g/mol. The molecule has 1 aromatic carbocycles. The molecule has 110 valence electrons.